The molecule has 1 saturated heterocycles. The Morgan fingerprint density at radius 3 is 2.39 bits per heavy atom. The number of amides is 1. The van der Waals surface area contributed by atoms with E-state index in [2.05, 4.69) is 19.8 Å². The number of anilines is 2. The molecule has 11 heteroatoms. The normalized spacial score (nSPS) is 13.9. The molecule has 166 valence electrons. The number of halogens is 1. The largest absolute Gasteiger partial charge is 0.368 e. The molecule has 0 atom stereocenters. The second-order valence-corrected chi connectivity index (χ2v) is 8.26. The van der Waals surface area contributed by atoms with Crippen LogP contribution in [-0.2, 0) is 4.79 Å². The summed E-state index contributed by atoms with van der Waals surface area (Å²) in [5.74, 6) is 1.04. The Morgan fingerprint density at radius 2 is 1.81 bits per heavy atom. The van der Waals surface area contributed by atoms with Gasteiger partial charge in [0, 0.05) is 63.2 Å². The Bertz CT molecular complexity index is 918. The summed E-state index contributed by atoms with van der Waals surface area (Å²) < 4.78 is 0. The lowest BCUT2D eigenvalue weighted by molar-refractivity contribution is -0.384. The molecular weight excluding hydrogens is 440 g/mol. The van der Waals surface area contributed by atoms with Crippen LogP contribution in [0.5, 0.6) is 0 Å². The van der Waals surface area contributed by atoms with Crippen molar-refractivity contribution in [2.45, 2.75) is 19.0 Å². The second kappa shape index (κ2) is 10.6. The van der Waals surface area contributed by atoms with Crippen LogP contribution >= 0.6 is 23.4 Å². The number of non-ortho nitro benzene ring substituents is 1. The molecular formula is C20H25ClN6O3S. The predicted octanol–water partition coefficient (Wildman–Crippen LogP) is 3.33. The fourth-order valence-corrected chi connectivity index (χ4v) is 4.36. The minimum atomic E-state index is -0.410. The van der Waals surface area contributed by atoms with E-state index in [1.807, 2.05) is 18.7 Å². The molecule has 0 saturated carbocycles. The summed E-state index contributed by atoms with van der Waals surface area (Å²) in [5.41, 5.74) is 0.991. The summed E-state index contributed by atoms with van der Waals surface area (Å²) in [6.45, 7) is 8.26. The highest BCUT2D eigenvalue weighted by molar-refractivity contribution is 7.99. The van der Waals surface area contributed by atoms with Gasteiger partial charge in [-0.1, -0.05) is 23.4 Å². The number of nitro groups is 1. The number of nitrogens with zero attached hydrogens (tertiary/aromatic N) is 6. The van der Waals surface area contributed by atoms with Gasteiger partial charge in [-0.25, -0.2) is 9.97 Å². The fraction of sp³-hybridized carbons (Fsp3) is 0.450. The molecule has 1 aliphatic heterocycles. The highest BCUT2D eigenvalue weighted by Gasteiger charge is 2.22. The molecule has 1 aromatic carbocycles. The zero-order chi connectivity index (χ0) is 22.4. The number of benzene rings is 1. The molecule has 0 bridgehead atoms. The molecule has 0 unspecified atom stereocenters. The van der Waals surface area contributed by atoms with E-state index in [1.54, 1.807) is 18.2 Å². The molecule has 31 heavy (non-hydrogen) atoms. The van der Waals surface area contributed by atoms with Crippen molar-refractivity contribution in [3.63, 3.8) is 0 Å². The molecule has 0 aliphatic carbocycles. The molecule has 2 aromatic rings. The van der Waals surface area contributed by atoms with Gasteiger partial charge in [0.2, 0.25) is 5.91 Å². The van der Waals surface area contributed by atoms with E-state index in [0.717, 1.165) is 24.6 Å². The zero-order valence-corrected chi connectivity index (χ0v) is 19.1. The number of hydrogen-bond donors (Lipinski definition) is 0. The van der Waals surface area contributed by atoms with Gasteiger partial charge in [-0.05, 0) is 26.0 Å². The van der Waals surface area contributed by atoms with E-state index in [-0.39, 0.29) is 17.3 Å². The van der Waals surface area contributed by atoms with E-state index in [0.29, 0.717) is 36.5 Å². The van der Waals surface area contributed by atoms with Crippen LogP contribution < -0.4 is 9.80 Å². The molecule has 9 nitrogen and oxygen atoms in total. The summed E-state index contributed by atoms with van der Waals surface area (Å²) in [6, 6.07) is 8.23. The summed E-state index contributed by atoms with van der Waals surface area (Å²) in [4.78, 5) is 37.8. The number of piperazine rings is 1. The first kappa shape index (κ1) is 23.1. The number of rotatable bonds is 8. The summed E-state index contributed by atoms with van der Waals surface area (Å²) in [5, 5.41) is 11.7. The average molecular weight is 465 g/mol. The maximum Gasteiger partial charge on any atom is 0.269 e. The van der Waals surface area contributed by atoms with Gasteiger partial charge in [-0.3, -0.25) is 14.9 Å². The molecule has 0 N–H and O–H groups in total. The van der Waals surface area contributed by atoms with Crippen molar-refractivity contribution in [2.75, 3.05) is 54.8 Å². The Morgan fingerprint density at radius 1 is 1.16 bits per heavy atom. The van der Waals surface area contributed by atoms with Gasteiger partial charge in [0.15, 0.2) is 5.16 Å². The van der Waals surface area contributed by atoms with Crippen molar-refractivity contribution in [1.82, 2.24) is 14.9 Å². The number of nitro benzene ring substituents is 1. The summed E-state index contributed by atoms with van der Waals surface area (Å²) >= 11 is 7.43. The lowest BCUT2D eigenvalue weighted by atomic mass is 10.2. The third-order valence-corrected chi connectivity index (χ3v) is 6.16. The van der Waals surface area contributed by atoms with E-state index in [9.17, 15) is 14.9 Å². The lowest BCUT2D eigenvalue weighted by Crippen LogP contribution is -2.49. The van der Waals surface area contributed by atoms with Crippen LogP contribution in [0.3, 0.4) is 0 Å². The van der Waals surface area contributed by atoms with Crippen molar-refractivity contribution in [1.29, 1.82) is 0 Å². The SMILES string of the molecule is CCN(CC)c1cc(Cl)nc(SCC(=O)N2CCN(c3ccc([N+](=O)[O-])cc3)CC2)n1. The minimum Gasteiger partial charge on any atom is -0.368 e. The second-order valence-electron chi connectivity index (χ2n) is 6.93. The van der Waals surface area contributed by atoms with Crippen LogP contribution in [-0.4, -0.2) is 70.7 Å². The maximum atomic E-state index is 12.7. The first-order chi connectivity index (χ1) is 14.9. The molecule has 1 fully saturated rings. The molecule has 1 aliphatic rings. The quantitative estimate of drug-likeness (QED) is 0.193. The van der Waals surface area contributed by atoms with Gasteiger partial charge in [-0.15, -0.1) is 0 Å². The molecule has 0 radical (unpaired) electrons. The number of carbonyl (C=O) groups is 1. The Balaban J connectivity index is 1.53. The van der Waals surface area contributed by atoms with Crippen LogP contribution in [0.1, 0.15) is 13.8 Å². The smallest absolute Gasteiger partial charge is 0.269 e. The average Bonchev–Trinajstić information content (AvgIpc) is 2.78. The highest BCUT2D eigenvalue weighted by atomic mass is 35.5. The highest BCUT2D eigenvalue weighted by Crippen LogP contribution is 2.23. The van der Waals surface area contributed by atoms with Crippen molar-refractivity contribution >= 4 is 46.5 Å². The van der Waals surface area contributed by atoms with E-state index in [4.69, 9.17) is 11.6 Å². The molecule has 0 spiro atoms. The Kier molecular flexibility index (Phi) is 7.91. The number of carbonyl (C=O) groups excluding carboxylic acids is 1. The summed E-state index contributed by atoms with van der Waals surface area (Å²) in [6.07, 6.45) is 0. The van der Waals surface area contributed by atoms with Gasteiger partial charge < -0.3 is 14.7 Å². The van der Waals surface area contributed by atoms with Crippen LogP contribution in [0, 0.1) is 10.1 Å². The minimum absolute atomic E-state index is 0.0290. The predicted molar refractivity (Wildman–Crippen MR) is 123 cm³/mol. The third-order valence-electron chi connectivity index (χ3n) is 5.13. The molecule has 2 heterocycles. The topological polar surface area (TPSA) is 95.7 Å². The van der Waals surface area contributed by atoms with E-state index in [1.165, 1.54) is 23.9 Å². The van der Waals surface area contributed by atoms with Crippen LogP contribution in [0.25, 0.3) is 0 Å². The van der Waals surface area contributed by atoms with Gasteiger partial charge >= 0.3 is 0 Å². The van der Waals surface area contributed by atoms with E-state index >= 15 is 0 Å². The number of hydrogen-bond acceptors (Lipinski definition) is 8. The number of aromatic nitrogens is 2. The van der Waals surface area contributed by atoms with Crippen LogP contribution in [0.4, 0.5) is 17.2 Å². The van der Waals surface area contributed by atoms with Crippen LogP contribution in [0.2, 0.25) is 5.15 Å². The number of thioether (sulfide) groups is 1. The molecule has 3 rings (SSSR count). The zero-order valence-electron chi connectivity index (χ0n) is 17.5. The molecule has 1 aromatic heterocycles. The van der Waals surface area contributed by atoms with Crippen molar-refractivity contribution < 1.29 is 9.72 Å². The van der Waals surface area contributed by atoms with Gasteiger partial charge in [0.05, 0.1) is 10.7 Å². The standard InChI is InChI=1S/C20H25ClN6O3S/c1-3-24(4-2)18-13-17(21)22-20(23-18)31-14-19(28)26-11-9-25(10-12-26)15-5-7-16(8-6-15)27(29)30/h5-8,13H,3-4,9-12,14H2,1-2H3. The van der Waals surface area contributed by atoms with Crippen molar-refractivity contribution in [2.24, 2.45) is 0 Å². The fourth-order valence-electron chi connectivity index (χ4n) is 3.38. The Labute approximate surface area is 190 Å². The molecule has 1 amide bonds. The van der Waals surface area contributed by atoms with Crippen molar-refractivity contribution in [3.8, 4) is 0 Å². The third kappa shape index (κ3) is 5.98. The Hall–Kier alpha value is -2.59. The van der Waals surface area contributed by atoms with Gasteiger partial charge in [0.1, 0.15) is 11.0 Å². The van der Waals surface area contributed by atoms with Gasteiger partial charge in [-0.2, -0.15) is 0 Å². The lowest BCUT2D eigenvalue weighted by Gasteiger charge is -2.36. The maximum absolute atomic E-state index is 12.7. The van der Waals surface area contributed by atoms with Crippen LogP contribution in [0.15, 0.2) is 35.5 Å². The first-order valence-corrected chi connectivity index (χ1v) is 11.5. The van der Waals surface area contributed by atoms with Gasteiger partial charge in [0.25, 0.3) is 5.69 Å². The summed E-state index contributed by atoms with van der Waals surface area (Å²) in [7, 11) is 0. The first-order valence-electron chi connectivity index (χ1n) is 10.1. The van der Waals surface area contributed by atoms with E-state index < -0.39 is 4.92 Å². The van der Waals surface area contributed by atoms with Crippen molar-refractivity contribution in [3.05, 3.63) is 45.6 Å². The monoisotopic (exact) mass is 464 g/mol.